The van der Waals surface area contributed by atoms with Gasteiger partial charge in [-0.2, -0.15) is 0 Å². The van der Waals surface area contributed by atoms with Gasteiger partial charge in [-0.3, -0.25) is 14.9 Å². The number of rotatable bonds is 13. The molecule has 1 aliphatic carbocycles. The highest BCUT2D eigenvalue weighted by atomic mass is 16.6. The molecule has 0 aromatic heterocycles. The quantitative estimate of drug-likeness (QED) is 0.315. The normalized spacial score (nSPS) is 17.4. The smallest absolute Gasteiger partial charge is 0.289 e. The second-order valence-corrected chi connectivity index (χ2v) is 9.00. The average molecular weight is 453 g/mol. The fourth-order valence-corrected chi connectivity index (χ4v) is 4.27. The number of unbranched alkanes of at least 4 members (excludes halogenated alkanes) is 1. The molecule has 3 rings (SSSR count). The molecule has 1 saturated carbocycles. The van der Waals surface area contributed by atoms with E-state index in [0.717, 1.165) is 43.2 Å². The van der Waals surface area contributed by atoms with Gasteiger partial charge in [0, 0.05) is 6.42 Å². The van der Waals surface area contributed by atoms with Crippen molar-refractivity contribution in [3.63, 3.8) is 0 Å². The predicted octanol–water partition coefficient (Wildman–Crippen LogP) is 4.04. The fraction of sp³-hybridized carbons (Fsp3) is 0.481. The van der Waals surface area contributed by atoms with Crippen molar-refractivity contribution in [1.82, 2.24) is 10.6 Å². The van der Waals surface area contributed by atoms with Gasteiger partial charge in [0.05, 0.1) is 17.7 Å². The van der Waals surface area contributed by atoms with Crippen LogP contribution in [-0.2, 0) is 20.7 Å². The summed E-state index contributed by atoms with van der Waals surface area (Å²) in [6.45, 7) is 3.87. The first kappa shape index (κ1) is 25.1. The predicted molar refractivity (Wildman–Crippen MR) is 128 cm³/mol. The molecule has 0 saturated heterocycles. The molecule has 6 nitrogen and oxygen atoms in total. The molecular formula is C27H36N2O4. The Morgan fingerprint density at radius 3 is 2.27 bits per heavy atom. The van der Waals surface area contributed by atoms with E-state index in [1.807, 2.05) is 62.4 Å². The second-order valence-electron chi connectivity index (χ2n) is 9.00. The highest BCUT2D eigenvalue weighted by Crippen LogP contribution is 2.39. The summed E-state index contributed by atoms with van der Waals surface area (Å²) in [6.07, 6.45) is 4.21. The van der Waals surface area contributed by atoms with Gasteiger partial charge in [-0.25, -0.2) is 0 Å². The van der Waals surface area contributed by atoms with Gasteiger partial charge in [-0.15, -0.1) is 0 Å². The summed E-state index contributed by atoms with van der Waals surface area (Å²) in [6, 6.07) is 18.5. The van der Waals surface area contributed by atoms with E-state index >= 15 is 0 Å². The van der Waals surface area contributed by atoms with Crippen LogP contribution in [0, 0.1) is 0 Å². The lowest BCUT2D eigenvalue weighted by atomic mass is 9.76. The summed E-state index contributed by atoms with van der Waals surface area (Å²) in [7, 11) is 0. The Hall–Kier alpha value is -2.54. The molecular weight excluding hydrogens is 416 g/mol. The van der Waals surface area contributed by atoms with Gasteiger partial charge in [-0.05, 0) is 43.7 Å². The van der Waals surface area contributed by atoms with Crippen LogP contribution in [0.2, 0.25) is 0 Å². The van der Waals surface area contributed by atoms with Crippen LogP contribution in [0.4, 0.5) is 0 Å². The third-order valence-electron chi connectivity index (χ3n) is 6.37. The Kier molecular flexibility index (Phi) is 9.18. The first-order valence-corrected chi connectivity index (χ1v) is 12.0. The van der Waals surface area contributed by atoms with Crippen LogP contribution in [0.5, 0.6) is 0 Å². The Bertz CT molecular complexity index is 884. The maximum Gasteiger partial charge on any atom is 0.289 e. The Labute approximate surface area is 196 Å². The van der Waals surface area contributed by atoms with Crippen LogP contribution in [0.25, 0.3) is 0 Å². The van der Waals surface area contributed by atoms with Gasteiger partial charge in [0.25, 0.3) is 5.91 Å². The standard InChI is InChI=1S/C27H36N2O4/c1-3-4-16-23(24(30)25(31)28-20(2)22-14-9-6-10-15-22)29-26(32)33-27(17-11-18-27)19-21-12-7-5-8-13-21/h5-10,12-15,20,23,26,29,32H,3-4,11,16-19H2,1-2H3,(H,28,31)/t20?,23-,26?/m0/s1. The summed E-state index contributed by atoms with van der Waals surface area (Å²) in [5, 5.41) is 16.3. The van der Waals surface area contributed by atoms with E-state index in [1.165, 1.54) is 0 Å². The van der Waals surface area contributed by atoms with E-state index in [0.29, 0.717) is 12.8 Å². The molecule has 0 spiro atoms. The zero-order valence-electron chi connectivity index (χ0n) is 19.6. The molecule has 6 heteroatoms. The van der Waals surface area contributed by atoms with Crippen LogP contribution in [0.15, 0.2) is 60.7 Å². The number of carbonyl (C=O) groups is 2. The summed E-state index contributed by atoms with van der Waals surface area (Å²) in [4.78, 5) is 25.6. The molecule has 0 radical (unpaired) electrons. The second kappa shape index (κ2) is 12.1. The number of hydrogen-bond donors (Lipinski definition) is 3. The van der Waals surface area contributed by atoms with Gasteiger partial charge in [-0.1, -0.05) is 80.4 Å². The van der Waals surface area contributed by atoms with Gasteiger partial charge in [0.15, 0.2) is 0 Å². The first-order chi connectivity index (χ1) is 15.9. The molecule has 33 heavy (non-hydrogen) atoms. The van der Waals surface area contributed by atoms with Crippen molar-refractivity contribution in [1.29, 1.82) is 0 Å². The minimum atomic E-state index is -1.32. The summed E-state index contributed by atoms with van der Waals surface area (Å²) in [5.41, 5.74) is 1.63. The minimum absolute atomic E-state index is 0.292. The third-order valence-corrected chi connectivity index (χ3v) is 6.37. The van der Waals surface area contributed by atoms with Crippen molar-refractivity contribution >= 4 is 11.7 Å². The largest absolute Gasteiger partial charge is 0.356 e. The van der Waals surface area contributed by atoms with E-state index in [1.54, 1.807) is 0 Å². The molecule has 1 amide bonds. The lowest BCUT2D eigenvalue weighted by molar-refractivity contribution is -0.228. The van der Waals surface area contributed by atoms with E-state index in [2.05, 4.69) is 22.8 Å². The van der Waals surface area contributed by atoms with E-state index in [-0.39, 0.29) is 6.04 Å². The molecule has 0 bridgehead atoms. The van der Waals surface area contributed by atoms with Crippen LogP contribution in [0.3, 0.4) is 0 Å². The van der Waals surface area contributed by atoms with E-state index in [4.69, 9.17) is 4.74 Å². The molecule has 1 aliphatic rings. The van der Waals surface area contributed by atoms with Crippen molar-refractivity contribution < 1.29 is 19.4 Å². The number of Topliss-reactive ketones (excluding diaryl/α,β-unsaturated/α-hetero) is 1. The SMILES string of the molecule is CCCC[C@H](NC(O)OC1(Cc2ccccc2)CCC1)C(=O)C(=O)NC(C)c1ccccc1. The lowest BCUT2D eigenvalue weighted by Crippen LogP contribution is -2.54. The number of amides is 1. The summed E-state index contributed by atoms with van der Waals surface area (Å²) >= 11 is 0. The number of nitrogens with one attached hydrogen (secondary N) is 2. The lowest BCUT2D eigenvalue weighted by Gasteiger charge is -2.43. The van der Waals surface area contributed by atoms with Gasteiger partial charge in [0.1, 0.15) is 0 Å². The zero-order valence-corrected chi connectivity index (χ0v) is 19.6. The number of aliphatic hydroxyl groups is 1. The summed E-state index contributed by atoms with van der Waals surface area (Å²) in [5.74, 6) is -1.24. The van der Waals surface area contributed by atoms with Crippen molar-refractivity contribution in [3.05, 3.63) is 71.8 Å². The van der Waals surface area contributed by atoms with E-state index in [9.17, 15) is 14.7 Å². The maximum atomic E-state index is 13.0. The molecule has 0 heterocycles. The third kappa shape index (κ3) is 7.22. The van der Waals surface area contributed by atoms with Gasteiger partial charge in [0.2, 0.25) is 12.2 Å². The Morgan fingerprint density at radius 2 is 1.70 bits per heavy atom. The highest BCUT2D eigenvalue weighted by molar-refractivity contribution is 6.38. The first-order valence-electron chi connectivity index (χ1n) is 12.0. The number of aliphatic hydroxyl groups excluding tert-OH is 1. The van der Waals surface area contributed by atoms with Crippen LogP contribution in [-0.4, -0.2) is 34.9 Å². The number of ketones is 1. The summed E-state index contributed by atoms with van der Waals surface area (Å²) < 4.78 is 6.03. The maximum absolute atomic E-state index is 13.0. The van der Waals surface area contributed by atoms with Crippen LogP contribution >= 0.6 is 0 Å². The molecule has 0 aliphatic heterocycles. The fourth-order valence-electron chi connectivity index (χ4n) is 4.27. The molecule has 2 unspecified atom stereocenters. The molecule has 1 fully saturated rings. The monoisotopic (exact) mass is 452 g/mol. The van der Waals surface area contributed by atoms with Gasteiger partial charge >= 0.3 is 0 Å². The minimum Gasteiger partial charge on any atom is -0.356 e. The van der Waals surface area contributed by atoms with Crippen molar-refractivity contribution in [3.8, 4) is 0 Å². The van der Waals surface area contributed by atoms with Crippen LogP contribution < -0.4 is 10.6 Å². The van der Waals surface area contributed by atoms with Crippen LogP contribution in [0.1, 0.15) is 69.5 Å². The molecule has 2 aromatic rings. The molecule has 178 valence electrons. The van der Waals surface area contributed by atoms with Gasteiger partial charge < -0.3 is 15.2 Å². The van der Waals surface area contributed by atoms with Crippen molar-refractivity contribution in [2.75, 3.05) is 0 Å². The van der Waals surface area contributed by atoms with Crippen molar-refractivity contribution in [2.45, 2.75) is 82.9 Å². The molecule has 3 atom stereocenters. The number of carbonyl (C=O) groups excluding carboxylic acids is 2. The van der Waals surface area contributed by atoms with Crippen molar-refractivity contribution in [2.24, 2.45) is 0 Å². The molecule has 2 aromatic carbocycles. The Morgan fingerprint density at radius 1 is 1.06 bits per heavy atom. The number of hydrogen-bond acceptors (Lipinski definition) is 5. The van der Waals surface area contributed by atoms with E-state index < -0.39 is 29.7 Å². The number of ether oxygens (including phenoxy) is 1. The topological polar surface area (TPSA) is 87.7 Å². The molecule has 3 N–H and O–H groups in total. The Balaban J connectivity index is 1.60. The zero-order chi connectivity index (χ0) is 23.7. The number of benzene rings is 2. The highest BCUT2D eigenvalue weighted by Gasteiger charge is 2.41. The average Bonchev–Trinajstić information content (AvgIpc) is 2.81.